The molecule has 0 bridgehead atoms. The number of pyridine rings is 1. The van der Waals surface area contributed by atoms with E-state index in [0.717, 1.165) is 24.8 Å². The van der Waals surface area contributed by atoms with E-state index in [2.05, 4.69) is 28.3 Å². The van der Waals surface area contributed by atoms with Crippen LogP contribution in [0.5, 0.6) is 5.88 Å². The Labute approximate surface area is 115 Å². The molecule has 0 aromatic carbocycles. The molecule has 2 unspecified atom stereocenters. The van der Waals surface area contributed by atoms with Crippen molar-refractivity contribution in [3.63, 3.8) is 0 Å². The van der Waals surface area contributed by atoms with Crippen LogP contribution in [0.4, 0.5) is 0 Å². The van der Waals surface area contributed by atoms with Gasteiger partial charge in [-0.15, -0.1) is 0 Å². The molecule has 2 atom stereocenters. The molecule has 2 fully saturated rings. The molecule has 1 N–H and O–H groups in total. The summed E-state index contributed by atoms with van der Waals surface area (Å²) in [4.78, 5) is 7.04. The van der Waals surface area contributed by atoms with Gasteiger partial charge in [0, 0.05) is 18.7 Å². The third-order valence-electron chi connectivity index (χ3n) is 4.28. The SMILES string of the molecule is COc1cccc(C2C(CNC3CC3)CCN2C)n1. The van der Waals surface area contributed by atoms with Crippen LogP contribution in [0.15, 0.2) is 18.2 Å². The Hall–Kier alpha value is -1.13. The number of methoxy groups -OCH3 is 1. The first-order valence-electron chi connectivity index (χ1n) is 7.22. The van der Waals surface area contributed by atoms with Gasteiger partial charge in [0.2, 0.25) is 5.88 Å². The van der Waals surface area contributed by atoms with Gasteiger partial charge in [-0.3, -0.25) is 4.90 Å². The van der Waals surface area contributed by atoms with Crippen LogP contribution in [0.1, 0.15) is 31.0 Å². The summed E-state index contributed by atoms with van der Waals surface area (Å²) in [7, 11) is 3.87. The van der Waals surface area contributed by atoms with E-state index < -0.39 is 0 Å². The lowest BCUT2D eigenvalue weighted by Crippen LogP contribution is -2.30. The van der Waals surface area contributed by atoms with Crippen LogP contribution in [0.2, 0.25) is 0 Å². The van der Waals surface area contributed by atoms with E-state index in [9.17, 15) is 0 Å². The number of nitrogens with zero attached hydrogens (tertiary/aromatic N) is 2. The second-order valence-corrected chi connectivity index (χ2v) is 5.76. The van der Waals surface area contributed by atoms with Crippen molar-refractivity contribution in [1.29, 1.82) is 0 Å². The summed E-state index contributed by atoms with van der Waals surface area (Å²) in [6.45, 7) is 2.26. The summed E-state index contributed by atoms with van der Waals surface area (Å²) in [5, 5.41) is 3.66. The van der Waals surface area contributed by atoms with Crippen molar-refractivity contribution >= 4 is 0 Å². The minimum Gasteiger partial charge on any atom is -0.481 e. The van der Waals surface area contributed by atoms with E-state index in [1.165, 1.54) is 19.3 Å². The molecule has 1 aromatic rings. The summed E-state index contributed by atoms with van der Waals surface area (Å²) in [5.74, 6) is 1.37. The number of ether oxygens (including phenoxy) is 1. The predicted molar refractivity (Wildman–Crippen MR) is 75.3 cm³/mol. The largest absolute Gasteiger partial charge is 0.481 e. The Balaban J connectivity index is 1.73. The topological polar surface area (TPSA) is 37.4 Å². The Morgan fingerprint density at radius 2 is 2.21 bits per heavy atom. The zero-order valence-corrected chi connectivity index (χ0v) is 11.8. The molecule has 2 heterocycles. The Bertz CT molecular complexity index is 433. The molecule has 1 saturated carbocycles. The van der Waals surface area contributed by atoms with E-state index in [-0.39, 0.29) is 0 Å². The van der Waals surface area contributed by atoms with Crippen molar-refractivity contribution < 1.29 is 4.74 Å². The number of hydrogen-bond acceptors (Lipinski definition) is 4. The minimum atomic E-state index is 0.418. The Morgan fingerprint density at radius 1 is 1.37 bits per heavy atom. The molecule has 0 amide bonds. The monoisotopic (exact) mass is 261 g/mol. The maximum Gasteiger partial charge on any atom is 0.213 e. The Kier molecular flexibility index (Phi) is 3.71. The zero-order chi connectivity index (χ0) is 13.2. The van der Waals surface area contributed by atoms with Crippen LogP contribution in [0.3, 0.4) is 0 Å². The predicted octanol–water partition coefficient (Wildman–Crippen LogP) is 1.83. The fourth-order valence-corrected chi connectivity index (χ4v) is 3.02. The zero-order valence-electron chi connectivity index (χ0n) is 11.8. The van der Waals surface area contributed by atoms with E-state index in [1.54, 1.807) is 7.11 Å². The second kappa shape index (κ2) is 5.47. The van der Waals surface area contributed by atoms with Crippen LogP contribution < -0.4 is 10.1 Å². The summed E-state index contributed by atoms with van der Waals surface area (Å²) >= 11 is 0. The maximum atomic E-state index is 5.25. The smallest absolute Gasteiger partial charge is 0.213 e. The number of aromatic nitrogens is 1. The molecule has 3 rings (SSSR count). The van der Waals surface area contributed by atoms with Crippen LogP contribution >= 0.6 is 0 Å². The van der Waals surface area contributed by atoms with E-state index in [0.29, 0.717) is 17.8 Å². The van der Waals surface area contributed by atoms with Crippen LogP contribution in [-0.4, -0.2) is 43.2 Å². The van der Waals surface area contributed by atoms with Crippen molar-refractivity contribution in [2.45, 2.75) is 31.3 Å². The molecule has 1 saturated heterocycles. The van der Waals surface area contributed by atoms with Gasteiger partial charge < -0.3 is 10.1 Å². The van der Waals surface area contributed by atoms with Crippen LogP contribution in [-0.2, 0) is 0 Å². The summed E-state index contributed by atoms with van der Waals surface area (Å²) < 4.78 is 5.25. The molecular weight excluding hydrogens is 238 g/mol. The van der Waals surface area contributed by atoms with Crippen molar-refractivity contribution in [2.75, 3.05) is 27.2 Å². The van der Waals surface area contributed by atoms with Crippen molar-refractivity contribution in [2.24, 2.45) is 5.92 Å². The first kappa shape index (κ1) is 12.9. The van der Waals surface area contributed by atoms with E-state index in [4.69, 9.17) is 4.74 Å². The lowest BCUT2D eigenvalue weighted by atomic mass is 9.97. The number of likely N-dealkylation sites (tertiary alicyclic amines) is 1. The normalized spacial score (nSPS) is 27.7. The molecular formula is C15H23N3O. The van der Waals surface area contributed by atoms with E-state index >= 15 is 0 Å². The summed E-state index contributed by atoms with van der Waals surface area (Å²) in [6.07, 6.45) is 3.95. The van der Waals surface area contributed by atoms with Crippen molar-refractivity contribution in [3.8, 4) is 5.88 Å². The van der Waals surface area contributed by atoms with Crippen molar-refractivity contribution in [1.82, 2.24) is 15.2 Å². The first-order valence-corrected chi connectivity index (χ1v) is 7.22. The molecule has 0 spiro atoms. The van der Waals surface area contributed by atoms with Gasteiger partial charge in [-0.05, 0) is 44.8 Å². The molecule has 1 aliphatic carbocycles. The van der Waals surface area contributed by atoms with Gasteiger partial charge in [-0.1, -0.05) is 6.07 Å². The number of hydrogen-bond donors (Lipinski definition) is 1. The minimum absolute atomic E-state index is 0.418. The van der Waals surface area contributed by atoms with Gasteiger partial charge >= 0.3 is 0 Å². The van der Waals surface area contributed by atoms with Gasteiger partial charge in [-0.2, -0.15) is 0 Å². The first-order chi connectivity index (χ1) is 9.28. The van der Waals surface area contributed by atoms with Gasteiger partial charge in [0.05, 0.1) is 18.8 Å². The second-order valence-electron chi connectivity index (χ2n) is 5.76. The highest BCUT2D eigenvalue weighted by Gasteiger charge is 2.35. The van der Waals surface area contributed by atoms with Gasteiger partial charge in [0.25, 0.3) is 0 Å². The fourth-order valence-electron chi connectivity index (χ4n) is 3.02. The average molecular weight is 261 g/mol. The molecule has 4 heteroatoms. The molecule has 104 valence electrons. The van der Waals surface area contributed by atoms with Crippen molar-refractivity contribution in [3.05, 3.63) is 23.9 Å². The summed E-state index contributed by atoms with van der Waals surface area (Å²) in [5.41, 5.74) is 1.14. The Morgan fingerprint density at radius 3 is 2.95 bits per heavy atom. The lowest BCUT2D eigenvalue weighted by molar-refractivity contribution is 0.263. The maximum absolute atomic E-state index is 5.25. The van der Waals surface area contributed by atoms with E-state index in [1.807, 2.05) is 12.1 Å². The number of nitrogens with one attached hydrogen (secondary N) is 1. The van der Waals surface area contributed by atoms with Crippen LogP contribution in [0.25, 0.3) is 0 Å². The average Bonchev–Trinajstić information content (AvgIpc) is 3.19. The number of rotatable bonds is 5. The highest BCUT2D eigenvalue weighted by Crippen LogP contribution is 2.35. The third-order valence-corrected chi connectivity index (χ3v) is 4.28. The molecule has 2 aliphatic rings. The molecule has 0 radical (unpaired) electrons. The molecule has 4 nitrogen and oxygen atoms in total. The third kappa shape index (κ3) is 2.90. The highest BCUT2D eigenvalue weighted by atomic mass is 16.5. The highest BCUT2D eigenvalue weighted by molar-refractivity contribution is 5.20. The van der Waals surface area contributed by atoms with Gasteiger partial charge in [-0.25, -0.2) is 4.98 Å². The molecule has 19 heavy (non-hydrogen) atoms. The quantitative estimate of drug-likeness (QED) is 0.877. The van der Waals surface area contributed by atoms with Crippen LogP contribution in [0, 0.1) is 5.92 Å². The molecule has 1 aliphatic heterocycles. The standard InChI is InChI=1S/C15H23N3O/c1-18-9-8-11(10-16-12-6-7-12)15(18)13-4-3-5-14(17-13)19-2/h3-5,11-12,15-16H,6-10H2,1-2H3. The fraction of sp³-hybridized carbons (Fsp3) is 0.667. The van der Waals surface area contributed by atoms with Gasteiger partial charge in [0.1, 0.15) is 0 Å². The van der Waals surface area contributed by atoms with Gasteiger partial charge in [0.15, 0.2) is 0 Å². The summed E-state index contributed by atoms with van der Waals surface area (Å²) in [6, 6.07) is 7.28. The lowest BCUT2D eigenvalue weighted by Gasteiger charge is -2.25. The molecule has 1 aromatic heterocycles.